The second kappa shape index (κ2) is 5.74. The molecule has 0 unspecified atom stereocenters. The van der Waals surface area contributed by atoms with Crippen molar-refractivity contribution in [2.75, 3.05) is 11.5 Å². The van der Waals surface area contributed by atoms with Crippen molar-refractivity contribution in [3.8, 4) is 0 Å². The molecule has 3 aliphatic rings. The highest BCUT2D eigenvalue weighted by Crippen LogP contribution is 2.50. The van der Waals surface area contributed by atoms with Gasteiger partial charge in [0, 0.05) is 24.2 Å². The molecule has 11 heteroatoms. The first-order chi connectivity index (χ1) is 12.4. The quantitative estimate of drug-likeness (QED) is 0.727. The first-order valence-electron chi connectivity index (χ1n) is 7.97. The lowest BCUT2D eigenvalue weighted by atomic mass is 9.91. The molecule has 3 aliphatic heterocycles. The highest BCUT2D eigenvalue weighted by molar-refractivity contribution is 7.96. The Bertz CT molecular complexity index is 1080. The monoisotopic (exact) mass is 439 g/mol. The molecule has 1 aromatic carbocycles. The minimum absolute atomic E-state index is 0.0517. The van der Waals surface area contributed by atoms with Gasteiger partial charge in [0.05, 0.1) is 37.8 Å². The Morgan fingerprint density at radius 3 is 1.96 bits per heavy atom. The van der Waals surface area contributed by atoms with Crippen molar-refractivity contribution in [2.24, 2.45) is 0 Å². The Morgan fingerprint density at radius 2 is 1.48 bits per heavy atom. The van der Waals surface area contributed by atoms with Crippen LogP contribution in [0.4, 0.5) is 13.2 Å². The number of dihydropyridines is 1. The summed E-state index contributed by atoms with van der Waals surface area (Å²) >= 11 is 5.66. The number of hydrogen-bond acceptors (Lipinski definition) is 5. The number of halogens is 4. The van der Waals surface area contributed by atoms with Gasteiger partial charge in [-0.25, -0.2) is 16.8 Å². The number of nitrogens with one attached hydrogen (secondary N) is 1. The van der Waals surface area contributed by atoms with Crippen LogP contribution in [0.5, 0.6) is 0 Å². The second-order valence-electron chi connectivity index (χ2n) is 6.62. The molecule has 0 amide bonds. The zero-order valence-electron chi connectivity index (χ0n) is 13.6. The molecule has 4 rings (SSSR count). The number of rotatable bonds is 1. The van der Waals surface area contributed by atoms with Crippen LogP contribution >= 0.6 is 11.6 Å². The predicted molar refractivity (Wildman–Crippen MR) is 93.2 cm³/mol. The minimum Gasteiger partial charge on any atom is -0.361 e. The van der Waals surface area contributed by atoms with Gasteiger partial charge in [-0.2, -0.15) is 13.2 Å². The van der Waals surface area contributed by atoms with Crippen molar-refractivity contribution in [3.05, 3.63) is 55.6 Å². The number of alkyl halides is 3. The van der Waals surface area contributed by atoms with E-state index in [-0.39, 0.29) is 39.7 Å². The van der Waals surface area contributed by atoms with Crippen molar-refractivity contribution in [1.82, 2.24) is 5.32 Å². The molecule has 0 saturated heterocycles. The topological polar surface area (TPSA) is 80.3 Å². The van der Waals surface area contributed by atoms with Gasteiger partial charge in [-0.1, -0.05) is 17.7 Å². The van der Waals surface area contributed by atoms with E-state index in [9.17, 15) is 30.0 Å². The highest BCUT2D eigenvalue weighted by atomic mass is 35.5. The van der Waals surface area contributed by atoms with E-state index >= 15 is 0 Å². The van der Waals surface area contributed by atoms with Gasteiger partial charge in [-0.05, 0) is 17.7 Å². The standard InChI is InChI=1S/C16H13ClF3NO4S2/c17-10-2-1-8(7-9(10)16(18,19)20)13-14-11(3-5-26(14,22)23)21-12-4-6-27(24,25)15(12)13/h1-2,7,13,21H,3-6H2. The molecular weight excluding hydrogens is 427 g/mol. The second-order valence-corrected chi connectivity index (χ2v) is 11.2. The maximum atomic E-state index is 13.3. The molecule has 1 N–H and O–H groups in total. The first kappa shape index (κ1) is 18.8. The van der Waals surface area contributed by atoms with Crippen LogP contribution < -0.4 is 5.32 Å². The smallest absolute Gasteiger partial charge is 0.361 e. The lowest BCUT2D eigenvalue weighted by molar-refractivity contribution is -0.137. The fraction of sp³-hybridized carbons (Fsp3) is 0.375. The summed E-state index contributed by atoms with van der Waals surface area (Å²) in [4.78, 5) is -0.302. The third kappa shape index (κ3) is 2.89. The number of benzene rings is 1. The maximum absolute atomic E-state index is 13.3. The molecule has 0 atom stereocenters. The van der Waals surface area contributed by atoms with Gasteiger partial charge in [0.2, 0.25) is 0 Å². The molecule has 3 heterocycles. The van der Waals surface area contributed by atoms with Crippen molar-refractivity contribution in [1.29, 1.82) is 0 Å². The average molecular weight is 440 g/mol. The van der Waals surface area contributed by atoms with Gasteiger partial charge in [0.25, 0.3) is 0 Å². The van der Waals surface area contributed by atoms with E-state index in [1.54, 1.807) is 0 Å². The van der Waals surface area contributed by atoms with E-state index in [0.717, 1.165) is 12.1 Å². The zero-order valence-corrected chi connectivity index (χ0v) is 16.0. The molecule has 0 spiro atoms. The van der Waals surface area contributed by atoms with Gasteiger partial charge >= 0.3 is 6.18 Å². The van der Waals surface area contributed by atoms with Crippen LogP contribution in [0.1, 0.15) is 29.9 Å². The maximum Gasteiger partial charge on any atom is 0.417 e. The summed E-state index contributed by atoms with van der Waals surface area (Å²) in [5.74, 6) is -1.70. The summed E-state index contributed by atoms with van der Waals surface area (Å²) in [5, 5.41) is 2.36. The summed E-state index contributed by atoms with van der Waals surface area (Å²) in [5.41, 5.74) is -0.460. The largest absolute Gasteiger partial charge is 0.417 e. The Kier molecular flexibility index (Phi) is 4.00. The number of sulfone groups is 2. The molecule has 5 nitrogen and oxygen atoms in total. The summed E-state index contributed by atoms with van der Waals surface area (Å²) in [6, 6.07) is 3.02. The fourth-order valence-electron chi connectivity index (χ4n) is 3.81. The van der Waals surface area contributed by atoms with E-state index in [1.807, 2.05) is 0 Å². The van der Waals surface area contributed by atoms with E-state index in [2.05, 4.69) is 5.32 Å². The lowest BCUT2D eigenvalue weighted by Crippen LogP contribution is -2.26. The molecule has 0 aromatic heterocycles. The first-order valence-corrected chi connectivity index (χ1v) is 11.7. The number of hydrogen-bond donors (Lipinski definition) is 1. The molecule has 0 radical (unpaired) electrons. The summed E-state index contributed by atoms with van der Waals surface area (Å²) in [6.45, 7) is 0. The van der Waals surface area contributed by atoms with Crippen LogP contribution in [0.3, 0.4) is 0 Å². The molecule has 27 heavy (non-hydrogen) atoms. The molecule has 0 aliphatic carbocycles. The SMILES string of the molecule is O=S1(=O)CCC2=C1C(c1ccc(Cl)c(C(F)(F)F)c1)C1=C(CCS1(=O)=O)N2. The Hall–Kier alpha value is -1.52. The normalized spacial score (nSPS) is 24.0. The van der Waals surface area contributed by atoms with Crippen LogP contribution in [0, 0.1) is 0 Å². The predicted octanol–water partition coefficient (Wildman–Crippen LogP) is 3.11. The van der Waals surface area contributed by atoms with Crippen LogP contribution in [-0.4, -0.2) is 28.3 Å². The zero-order chi connectivity index (χ0) is 19.8. The van der Waals surface area contributed by atoms with Gasteiger partial charge in [0.15, 0.2) is 19.7 Å². The molecule has 146 valence electrons. The molecule has 0 bridgehead atoms. The van der Waals surface area contributed by atoms with E-state index < -0.39 is 42.4 Å². The Morgan fingerprint density at radius 1 is 0.963 bits per heavy atom. The summed E-state index contributed by atoms with van der Waals surface area (Å²) in [6.07, 6.45) is -4.41. The van der Waals surface area contributed by atoms with E-state index in [4.69, 9.17) is 11.6 Å². The van der Waals surface area contributed by atoms with Crippen LogP contribution in [0.15, 0.2) is 39.4 Å². The van der Waals surface area contributed by atoms with E-state index in [1.165, 1.54) is 6.07 Å². The highest BCUT2D eigenvalue weighted by Gasteiger charge is 2.48. The van der Waals surface area contributed by atoms with Gasteiger partial charge in [-0.15, -0.1) is 0 Å². The van der Waals surface area contributed by atoms with Crippen LogP contribution in [0.2, 0.25) is 5.02 Å². The van der Waals surface area contributed by atoms with Crippen molar-refractivity contribution >= 4 is 31.3 Å². The van der Waals surface area contributed by atoms with Gasteiger partial charge < -0.3 is 5.32 Å². The Balaban J connectivity index is 1.99. The molecule has 0 fully saturated rings. The lowest BCUT2D eigenvalue weighted by Gasteiger charge is -2.28. The van der Waals surface area contributed by atoms with Crippen LogP contribution in [-0.2, 0) is 25.9 Å². The molecule has 0 saturated carbocycles. The van der Waals surface area contributed by atoms with Crippen molar-refractivity contribution < 1.29 is 30.0 Å². The fourth-order valence-corrected chi connectivity index (χ4v) is 7.78. The average Bonchev–Trinajstić information content (AvgIpc) is 3.02. The Labute approximate surface area is 158 Å². The third-order valence-corrected chi connectivity index (χ3v) is 9.08. The third-order valence-electron chi connectivity index (χ3n) is 4.96. The van der Waals surface area contributed by atoms with Gasteiger partial charge in [-0.3, -0.25) is 0 Å². The molecular formula is C16H13ClF3NO4S2. The van der Waals surface area contributed by atoms with Gasteiger partial charge in [0.1, 0.15) is 0 Å². The molecule has 1 aromatic rings. The van der Waals surface area contributed by atoms with Crippen molar-refractivity contribution in [2.45, 2.75) is 24.9 Å². The number of allylic oxidation sites excluding steroid dienone is 4. The van der Waals surface area contributed by atoms with Crippen LogP contribution in [0.25, 0.3) is 0 Å². The minimum atomic E-state index is -4.75. The summed E-state index contributed by atoms with van der Waals surface area (Å²) < 4.78 is 90.1. The summed E-state index contributed by atoms with van der Waals surface area (Å²) in [7, 11) is -7.58. The van der Waals surface area contributed by atoms with E-state index in [0.29, 0.717) is 11.4 Å². The van der Waals surface area contributed by atoms with Crippen molar-refractivity contribution in [3.63, 3.8) is 0 Å².